The fourth-order valence-corrected chi connectivity index (χ4v) is 2.29. The maximum absolute atomic E-state index is 6.13. The molecule has 18 heavy (non-hydrogen) atoms. The van der Waals surface area contributed by atoms with Crippen LogP contribution in [0, 0.1) is 6.92 Å². The first-order valence-electron chi connectivity index (χ1n) is 6.36. The van der Waals surface area contributed by atoms with Gasteiger partial charge in [-0.3, -0.25) is 0 Å². The van der Waals surface area contributed by atoms with Crippen molar-refractivity contribution in [2.45, 2.75) is 33.6 Å². The van der Waals surface area contributed by atoms with Gasteiger partial charge in [-0.15, -0.1) is 0 Å². The van der Waals surface area contributed by atoms with Gasteiger partial charge in [0.2, 0.25) is 0 Å². The lowest BCUT2D eigenvalue weighted by Gasteiger charge is -2.19. The Kier molecular flexibility index (Phi) is 4.07. The number of nitrogens with zero attached hydrogens (tertiary/aromatic N) is 2. The van der Waals surface area contributed by atoms with E-state index in [1.807, 2.05) is 25.1 Å². The van der Waals surface area contributed by atoms with Gasteiger partial charge in [-0.2, -0.15) is 0 Å². The molecule has 0 saturated carbocycles. The number of allylic oxidation sites excluding steroid dienone is 2. The predicted molar refractivity (Wildman–Crippen MR) is 78.7 cm³/mol. The summed E-state index contributed by atoms with van der Waals surface area (Å²) in [7, 11) is 0. The third-order valence-corrected chi connectivity index (χ3v) is 3.76. The van der Waals surface area contributed by atoms with Crippen LogP contribution in [-0.4, -0.2) is 17.3 Å². The number of hydrogen-bond acceptors (Lipinski definition) is 1. The molecule has 0 spiro atoms. The van der Waals surface area contributed by atoms with Crippen LogP contribution in [0.1, 0.15) is 32.3 Å². The first-order chi connectivity index (χ1) is 8.61. The van der Waals surface area contributed by atoms with Crippen LogP contribution in [0.4, 0.5) is 5.69 Å². The molecule has 0 aliphatic carbocycles. The van der Waals surface area contributed by atoms with Crippen molar-refractivity contribution in [2.24, 2.45) is 4.99 Å². The highest BCUT2D eigenvalue weighted by Gasteiger charge is 2.19. The van der Waals surface area contributed by atoms with Crippen LogP contribution in [0.15, 0.2) is 35.0 Å². The third-order valence-electron chi connectivity index (χ3n) is 3.35. The minimum Gasteiger partial charge on any atom is -0.334 e. The molecule has 0 unspecified atom stereocenters. The lowest BCUT2D eigenvalue weighted by Crippen LogP contribution is -2.22. The van der Waals surface area contributed by atoms with E-state index in [4.69, 9.17) is 16.6 Å². The number of aryl methyl sites for hydroxylation is 1. The fraction of sp³-hybridized carbons (Fsp3) is 0.400. The highest BCUT2D eigenvalue weighted by Crippen LogP contribution is 2.25. The van der Waals surface area contributed by atoms with E-state index in [0.717, 1.165) is 35.1 Å². The molecule has 0 amide bonds. The minimum absolute atomic E-state index is 0.782. The summed E-state index contributed by atoms with van der Waals surface area (Å²) in [5.74, 6) is 1.14. The first-order valence-corrected chi connectivity index (χ1v) is 6.74. The molecule has 0 radical (unpaired) electrons. The number of amidine groups is 1. The molecule has 1 saturated heterocycles. The van der Waals surface area contributed by atoms with Gasteiger partial charge in [0.05, 0.1) is 5.69 Å². The molecule has 1 aromatic carbocycles. The molecule has 96 valence electrons. The molecular formula is C15H19ClN2. The van der Waals surface area contributed by atoms with Gasteiger partial charge in [0.25, 0.3) is 0 Å². The van der Waals surface area contributed by atoms with Gasteiger partial charge in [-0.25, -0.2) is 4.99 Å². The average Bonchev–Trinajstić information content (AvgIpc) is 2.81. The van der Waals surface area contributed by atoms with Crippen LogP contribution in [-0.2, 0) is 0 Å². The van der Waals surface area contributed by atoms with E-state index in [9.17, 15) is 0 Å². The first kappa shape index (κ1) is 13.2. The molecule has 2 nitrogen and oxygen atoms in total. The molecule has 1 heterocycles. The van der Waals surface area contributed by atoms with Crippen molar-refractivity contribution in [3.05, 3.63) is 40.6 Å². The lowest BCUT2D eigenvalue weighted by atomic mass is 10.2. The summed E-state index contributed by atoms with van der Waals surface area (Å²) < 4.78 is 0. The zero-order valence-corrected chi connectivity index (χ0v) is 12.0. The molecule has 1 fully saturated rings. The van der Waals surface area contributed by atoms with Gasteiger partial charge >= 0.3 is 0 Å². The Morgan fingerprint density at radius 1 is 1.44 bits per heavy atom. The summed E-state index contributed by atoms with van der Waals surface area (Å²) in [6, 6.07) is 5.98. The van der Waals surface area contributed by atoms with Crippen LogP contribution in [0.3, 0.4) is 0 Å². The number of rotatable bonds is 2. The van der Waals surface area contributed by atoms with Crippen LogP contribution >= 0.6 is 11.6 Å². The Balaban J connectivity index is 2.29. The summed E-state index contributed by atoms with van der Waals surface area (Å²) >= 11 is 6.13. The maximum Gasteiger partial charge on any atom is 0.109 e. The van der Waals surface area contributed by atoms with Crippen molar-refractivity contribution in [1.29, 1.82) is 0 Å². The molecule has 1 aliphatic heterocycles. The van der Waals surface area contributed by atoms with E-state index in [-0.39, 0.29) is 0 Å². The number of likely N-dealkylation sites (tertiary alicyclic amines) is 1. The lowest BCUT2D eigenvalue weighted by molar-refractivity contribution is 0.555. The smallest absolute Gasteiger partial charge is 0.109 e. The molecule has 0 bridgehead atoms. The summed E-state index contributed by atoms with van der Waals surface area (Å²) in [4.78, 5) is 7.01. The van der Waals surface area contributed by atoms with Crippen molar-refractivity contribution in [2.75, 3.05) is 6.54 Å². The molecule has 0 atom stereocenters. The molecule has 1 aromatic rings. The van der Waals surface area contributed by atoms with Gasteiger partial charge in [0, 0.05) is 23.7 Å². The number of aliphatic imine (C=N–C) groups is 1. The Labute approximate surface area is 114 Å². The molecule has 1 aliphatic rings. The zero-order chi connectivity index (χ0) is 13.1. The van der Waals surface area contributed by atoms with Gasteiger partial charge in [-0.05, 0) is 44.9 Å². The maximum atomic E-state index is 6.13. The van der Waals surface area contributed by atoms with E-state index in [0.29, 0.717) is 0 Å². The highest BCUT2D eigenvalue weighted by molar-refractivity contribution is 6.31. The van der Waals surface area contributed by atoms with Crippen molar-refractivity contribution >= 4 is 23.1 Å². The summed E-state index contributed by atoms with van der Waals surface area (Å²) in [5.41, 5.74) is 3.30. The second-order valence-corrected chi connectivity index (χ2v) is 5.05. The highest BCUT2D eigenvalue weighted by atomic mass is 35.5. The van der Waals surface area contributed by atoms with E-state index < -0.39 is 0 Å². The predicted octanol–water partition coefficient (Wildman–Crippen LogP) is 4.70. The Bertz CT molecular complexity index is 503. The molecule has 0 aromatic heterocycles. The Hall–Kier alpha value is -1.28. The van der Waals surface area contributed by atoms with Gasteiger partial charge in [0.1, 0.15) is 5.84 Å². The fourth-order valence-electron chi connectivity index (χ4n) is 2.11. The zero-order valence-electron chi connectivity index (χ0n) is 11.2. The second-order valence-electron chi connectivity index (χ2n) is 4.65. The van der Waals surface area contributed by atoms with Crippen LogP contribution in [0.2, 0.25) is 5.02 Å². The van der Waals surface area contributed by atoms with E-state index in [1.54, 1.807) is 0 Å². The van der Waals surface area contributed by atoms with E-state index in [2.05, 4.69) is 24.8 Å². The van der Waals surface area contributed by atoms with Crippen LogP contribution in [0.5, 0.6) is 0 Å². The Morgan fingerprint density at radius 2 is 2.22 bits per heavy atom. The number of halogens is 1. The molecule has 3 heteroatoms. The minimum atomic E-state index is 0.782. The standard InChI is InChI=1S/C15H19ClN2/c1-4-12(3)18-9-5-6-15(18)17-13-8-7-11(2)14(16)10-13/h4,7-8,10H,5-6,9H2,1-3H3/b12-4-,17-15?. The summed E-state index contributed by atoms with van der Waals surface area (Å²) in [6.45, 7) is 7.26. The number of hydrogen-bond donors (Lipinski definition) is 0. The second kappa shape index (κ2) is 5.57. The Morgan fingerprint density at radius 3 is 2.89 bits per heavy atom. The average molecular weight is 263 g/mol. The number of benzene rings is 1. The van der Waals surface area contributed by atoms with Crippen molar-refractivity contribution in [3.63, 3.8) is 0 Å². The quantitative estimate of drug-likeness (QED) is 0.754. The molecule has 2 rings (SSSR count). The van der Waals surface area contributed by atoms with Crippen molar-refractivity contribution in [3.8, 4) is 0 Å². The molecule has 0 N–H and O–H groups in total. The topological polar surface area (TPSA) is 15.6 Å². The summed E-state index contributed by atoms with van der Waals surface area (Å²) in [5, 5.41) is 0.782. The van der Waals surface area contributed by atoms with Crippen LogP contribution < -0.4 is 0 Å². The van der Waals surface area contributed by atoms with Gasteiger partial charge in [0.15, 0.2) is 0 Å². The van der Waals surface area contributed by atoms with Crippen molar-refractivity contribution < 1.29 is 0 Å². The monoisotopic (exact) mass is 262 g/mol. The third kappa shape index (κ3) is 2.75. The van der Waals surface area contributed by atoms with Gasteiger partial charge < -0.3 is 4.90 Å². The largest absolute Gasteiger partial charge is 0.334 e. The molecular weight excluding hydrogens is 244 g/mol. The van der Waals surface area contributed by atoms with Crippen molar-refractivity contribution in [1.82, 2.24) is 4.90 Å². The van der Waals surface area contributed by atoms with E-state index in [1.165, 1.54) is 12.1 Å². The SMILES string of the molecule is C/C=C(/C)N1CCCC1=Nc1ccc(C)c(Cl)c1. The normalized spacial score (nSPS) is 18.8. The van der Waals surface area contributed by atoms with Gasteiger partial charge in [-0.1, -0.05) is 23.7 Å². The van der Waals surface area contributed by atoms with Crippen LogP contribution in [0.25, 0.3) is 0 Å². The summed E-state index contributed by atoms with van der Waals surface area (Å²) in [6.07, 6.45) is 4.34. The van der Waals surface area contributed by atoms with E-state index >= 15 is 0 Å².